The fourth-order valence-electron chi connectivity index (χ4n) is 2.12. The molecule has 2 aromatic rings. The highest BCUT2D eigenvalue weighted by Crippen LogP contribution is 2.30. The third-order valence-electron chi connectivity index (χ3n) is 3.31. The first kappa shape index (κ1) is 20.2. The van der Waals surface area contributed by atoms with Crippen molar-refractivity contribution in [1.29, 1.82) is 0 Å². The molecule has 0 N–H and O–H groups in total. The maximum Gasteiger partial charge on any atom is 0.416 e. The van der Waals surface area contributed by atoms with Gasteiger partial charge in [-0.15, -0.1) is 0 Å². The smallest absolute Gasteiger partial charge is 0.383 e. The molecular weight excluding hydrogens is 368 g/mol. The molecule has 1 heterocycles. The molecule has 0 saturated heterocycles. The van der Waals surface area contributed by atoms with E-state index in [1.54, 1.807) is 0 Å². The van der Waals surface area contributed by atoms with E-state index >= 15 is 0 Å². The van der Waals surface area contributed by atoms with Gasteiger partial charge in [0.1, 0.15) is 0 Å². The maximum atomic E-state index is 12.6. The van der Waals surface area contributed by atoms with E-state index in [0.717, 1.165) is 29.2 Å². The lowest BCUT2D eigenvalue weighted by atomic mass is 10.1. The number of methoxy groups -OCH3 is 1. The van der Waals surface area contributed by atoms with Crippen molar-refractivity contribution in [2.75, 3.05) is 26.8 Å². The van der Waals surface area contributed by atoms with E-state index in [2.05, 4.69) is 10.1 Å². The predicted molar refractivity (Wildman–Crippen MR) is 77.9 cm³/mol. The van der Waals surface area contributed by atoms with Gasteiger partial charge >= 0.3 is 12.4 Å². The van der Waals surface area contributed by atoms with E-state index in [1.807, 2.05) is 0 Å². The van der Waals surface area contributed by atoms with Gasteiger partial charge in [0.25, 0.3) is 0 Å². The molecule has 0 aliphatic heterocycles. The molecule has 0 radical (unpaired) electrons. The molecule has 0 unspecified atom stereocenters. The number of benzene rings is 1. The zero-order chi connectivity index (χ0) is 19.4. The van der Waals surface area contributed by atoms with E-state index in [-0.39, 0.29) is 37.0 Å². The van der Waals surface area contributed by atoms with Gasteiger partial charge in [0.15, 0.2) is 0 Å². The normalized spacial score (nSPS) is 12.8. The lowest BCUT2D eigenvalue weighted by Crippen LogP contribution is -2.36. The highest BCUT2D eigenvalue weighted by molar-refractivity contribution is 5.54. The molecule has 11 heteroatoms. The molecular formula is C15H15F6N3O2. The van der Waals surface area contributed by atoms with Crippen molar-refractivity contribution in [1.82, 2.24) is 15.0 Å². The van der Waals surface area contributed by atoms with Crippen LogP contribution in [0.4, 0.5) is 26.3 Å². The second-order valence-electron chi connectivity index (χ2n) is 5.41. The van der Waals surface area contributed by atoms with Crippen LogP contribution < -0.4 is 0 Å². The Balaban J connectivity index is 2.09. The first-order valence-electron chi connectivity index (χ1n) is 7.37. The Kier molecular flexibility index (Phi) is 6.24. The van der Waals surface area contributed by atoms with Crippen LogP contribution in [0.3, 0.4) is 0 Å². The van der Waals surface area contributed by atoms with Gasteiger partial charge in [-0.05, 0) is 12.1 Å². The monoisotopic (exact) mass is 383 g/mol. The topological polar surface area (TPSA) is 51.4 Å². The second-order valence-corrected chi connectivity index (χ2v) is 5.41. The van der Waals surface area contributed by atoms with Crippen LogP contribution in [0.25, 0.3) is 11.4 Å². The highest BCUT2D eigenvalue weighted by Gasteiger charge is 2.32. The number of rotatable bonds is 7. The molecule has 144 valence electrons. The van der Waals surface area contributed by atoms with Gasteiger partial charge in [0, 0.05) is 19.2 Å². The van der Waals surface area contributed by atoms with Gasteiger partial charge in [-0.1, -0.05) is 17.3 Å². The van der Waals surface area contributed by atoms with Crippen molar-refractivity contribution >= 4 is 0 Å². The Morgan fingerprint density at radius 2 is 1.73 bits per heavy atom. The van der Waals surface area contributed by atoms with E-state index < -0.39 is 24.5 Å². The van der Waals surface area contributed by atoms with Crippen molar-refractivity contribution in [2.24, 2.45) is 0 Å². The summed E-state index contributed by atoms with van der Waals surface area (Å²) < 4.78 is 85.1. The van der Waals surface area contributed by atoms with Crippen LogP contribution >= 0.6 is 0 Å². The minimum atomic E-state index is -4.47. The quantitative estimate of drug-likeness (QED) is 0.682. The van der Waals surface area contributed by atoms with Crippen molar-refractivity contribution in [3.05, 3.63) is 35.7 Å². The Morgan fingerprint density at radius 3 is 2.27 bits per heavy atom. The minimum Gasteiger partial charge on any atom is -0.383 e. The molecule has 0 atom stereocenters. The summed E-state index contributed by atoms with van der Waals surface area (Å²) in [5, 5.41) is 3.60. The van der Waals surface area contributed by atoms with E-state index in [4.69, 9.17) is 9.26 Å². The lowest BCUT2D eigenvalue weighted by Gasteiger charge is -2.21. The number of halogens is 6. The molecule has 26 heavy (non-hydrogen) atoms. The molecule has 5 nitrogen and oxygen atoms in total. The van der Waals surface area contributed by atoms with Gasteiger partial charge in [-0.25, -0.2) is 0 Å². The number of aromatic nitrogens is 2. The standard InChI is InChI=1S/C15H15F6N3O2/c1-25-7-6-24(9-14(16,17)18)8-12-22-13(23-26-12)10-2-4-11(5-3-10)15(19,20)21/h2-5H,6-9H2,1H3. The minimum absolute atomic E-state index is 0.00595. The SMILES string of the molecule is COCCN(Cc1nc(-c2ccc(C(F)(F)F)cc2)no1)CC(F)(F)F. The first-order valence-corrected chi connectivity index (χ1v) is 7.37. The van der Waals surface area contributed by atoms with Gasteiger partial charge in [-0.3, -0.25) is 4.90 Å². The van der Waals surface area contributed by atoms with Crippen molar-refractivity contribution < 1.29 is 35.6 Å². The number of hydrogen-bond donors (Lipinski definition) is 0. The fourth-order valence-corrected chi connectivity index (χ4v) is 2.12. The summed E-state index contributed by atoms with van der Waals surface area (Å²) in [7, 11) is 1.36. The largest absolute Gasteiger partial charge is 0.416 e. The average Bonchev–Trinajstić information content (AvgIpc) is 2.99. The molecule has 0 bridgehead atoms. The summed E-state index contributed by atoms with van der Waals surface area (Å²) in [6, 6.07) is 4.05. The Morgan fingerprint density at radius 1 is 1.08 bits per heavy atom. The number of ether oxygens (including phenoxy) is 1. The highest BCUT2D eigenvalue weighted by atomic mass is 19.4. The molecule has 0 amide bonds. The third kappa shape index (κ3) is 5.99. The van der Waals surface area contributed by atoms with Crippen LogP contribution in [0, 0.1) is 0 Å². The van der Waals surface area contributed by atoms with Crippen molar-refractivity contribution in [3.8, 4) is 11.4 Å². The molecule has 0 fully saturated rings. The Labute approximate surface area is 144 Å². The molecule has 0 aliphatic rings. The predicted octanol–water partition coefficient (Wildman–Crippen LogP) is 3.77. The summed E-state index contributed by atoms with van der Waals surface area (Å²) >= 11 is 0. The molecule has 0 spiro atoms. The zero-order valence-electron chi connectivity index (χ0n) is 13.6. The zero-order valence-corrected chi connectivity index (χ0v) is 13.6. The number of hydrogen-bond acceptors (Lipinski definition) is 5. The van der Waals surface area contributed by atoms with Gasteiger partial charge in [0.05, 0.1) is 25.3 Å². The number of alkyl halides is 6. The van der Waals surface area contributed by atoms with Crippen LogP contribution in [0.15, 0.2) is 28.8 Å². The average molecular weight is 383 g/mol. The lowest BCUT2D eigenvalue weighted by molar-refractivity contribution is -0.149. The molecule has 1 aromatic heterocycles. The van der Waals surface area contributed by atoms with Crippen LogP contribution in [0.1, 0.15) is 11.5 Å². The van der Waals surface area contributed by atoms with Crippen molar-refractivity contribution in [3.63, 3.8) is 0 Å². The van der Waals surface area contributed by atoms with Crippen LogP contribution in [0.2, 0.25) is 0 Å². The second kappa shape index (κ2) is 8.04. The third-order valence-corrected chi connectivity index (χ3v) is 3.31. The maximum absolute atomic E-state index is 12.6. The summed E-state index contributed by atoms with van der Waals surface area (Å²) in [6.07, 6.45) is -8.88. The Bertz CT molecular complexity index is 697. The van der Waals surface area contributed by atoms with E-state index in [9.17, 15) is 26.3 Å². The van der Waals surface area contributed by atoms with Gasteiger partial charge in [0.2, 0.25) is 11.7 Å². The Hall–Kier alpha value is -2.14. The van der Waals surface area contributed by atoms with Crippen LogP contribution in [-0.2, 0) is 17.5 Å². The van der Waals surface area contributed by atoms with Crippen LogP contribution in [0.5, 0.6) is 0 Å². The summed E-state index contributed by atoms with van der Waals surface area (Å²) in [4.78, 5) is 4.96. The molecule has 0 saturated carbocycles. The van der Waals surface area contributed by atoms with E-state index in [1.165, 1.54) is 7.11 Å². The fraction of sp³-hybridized carbons (Fsp3) is 0.467. The van der Waals surface area contributed by atoms with Gasteiger partial charge < -0.3 is 9.26 Å². The summed E-state index contributed by atoms with van der Waals surface area (Å²) in [5.41, 5.74) is -0.576. The van der Waals surface area contributed by atoms with Crippen LogP contribution in [-0.4, -0.2) is 48.0 Å². The van der Waals surface area contributed by atoms with Gasteiger partial charge in [-0.2, -0.15) is 31.3 Å². The van der Waals surface area contributed by atoms with E-state index in [0.29, 0.717) is 0 Å². The molecule has 0 aliphatic carbocycles. The van der Waals surface area contributed by atoms with Crippen molar-refractivity contribution in [2.45, 2.75) is 18.9 Å². The first-order chi connectivity index (χ1) is 12.1. The molecule has 2 rings (SSSR count). The number of nitrogens with zero attached hydrogens (tertiary/aromatic N) is 3. The summed E-state index contributed by atoms with van der Waals surface area (Å²) in [6.45, 7) is -1.38. The molecule has 1 aromatic carbocycles. The summed E-state index contributed by atoms with van der Waals surface area (Å²) in [5.74, 6) is -0.0901.